The molecule has 1 atom stereocenters. The Balaban J connectivity index is 2.30. The average Bonchev–Trinajstić information content (AvgIpc) is 2.39. The number of carbonyl (C=O) groups excluding carboxylic acids is 1. The molecule has 0 aromatic heterocycles. The molecule has 1 N–H and O–H groups in total. The molecule has 18 heavy (non-hydrogen) atoms. The van der Waals surface area contributed by atoms with Crippen LogP contribution in [0.5, 0.6) is 0 Å². The summed E-state index contributed by atoms with van der Waals surface area (Å²) in [6, 6.07) is 0.0669. The van der Waals surface area contributed by atoms with Crippen molar-refractivity contribution < 1.29 is 4.79 Å². The Labute approximate surface area is 112 Å². The van der Waals surface area contributed by atoms with E-state index in [-0.39, 0.29) is 6.04 Å². The number of likely N-dealkylation sites (N-methyl/N-ethyl adjacent to an activating group) is 1. The second kappa shape index (κ2) is 8.48. The fourth-order valence-electron chi connectivity index (χ4n) is 2.62. The van der Waals surface area contributed by atoms with Gasteiger partial charge in [-0.25, -0.2) is 0 Å². The van der Waals surface area contributed by atoms with Gasteiger partial charge in [-0.15, -0.1) is 0 Å². The zero-order valence-electron chi connectivity index (χ0n) is 12.2. The van der Waals surface area contributed by atoms with Crippen LogP contribution in [0.2, 0.25) is 0 Å². The van der Waals surface area contributed by atoms with Gasteiger partial charge in [0.15, 0.2) is 0 Å². The summed E-state index contributed by atoms with van der Waals surface area (Å²) < 4.78 is 0. The summed E-state index contributed by atoms with van der Waals surface area (Å²) in [5, 5.41) is 3.28. The molecule has 4 nitrogen and oxygen atoms in total. The monoisotopic (exact) mass is 255 g/mol. The fourth-order valence-corrected chi connectivity index (χ4v) is 2.62. The highest BCUT2D eigenvalue weighted by molar-refractivity contribution is 5.82. The Morgan fingerprint density at radius 1 is 1.33 bits per heavy atom. The molecule has 0 saturated carbocycles. The van der Waals surface area contributed by atoms with Crippen molar-refractivity contribution in [2.45, 2.75) is 46.1 Å². The van der Waals surface area contributed by atoms with Gasteiger partial charge in [0.05, 0.1) is 6.04 Å². The first-order valence-electron chi connectivity index (χ1n) is 7.47. The largest absolute Gasteiger partial charge is 0.341 e. The SMILES string of the molecule is CCNC1CCCN(CCCN(CC)CC)C1=O. The summed E-state index contributed by atoms with van der Waals surface area (Å²) in [6.07, 6.45) is 3.22. The van der Waals surface area contributed by atoms with Gasteiger partial charge in [0.1, 0.15) is 0 Å². The smallest absolute Gasteiger partial charge is 0.239 e. The standard InChI is InChI=1S/C14H29N3O/c1-4-15-13-9-7-11-17(14(13)18)12-8-10-16(5-2)6-3/h13,15H,4-12H2,1-3H3. The fraction of sp³-hybridized carbons (Fsp3) is 0.929. The quantitative estimate of drug-likeness (QED) is 0.710. The first-order chi connectivity index (χ1) is 8.72. The number of piperidine rings is 1. The van der Waals surface area contributed by atoms with E-state index < -0.39 is 0 Å². The molecule has 0 aromatic rings. The highest BCUT2D eigenvalue weighted by atomic mass is 16.2. The van der Waals surface area contributed by atoms with Gasteiger partial charge in [0.2, 0.25) is 5.91 Å². The molecule has 1 aliphatic heterocycles. The molecule has 0 bridgehead atoms. The average molecular weight is 255 g/mol. The first kappa shape index (κ1) is 15.4. The van der Waals surface area contributed by atoms with Crippen molar-refractivity contribution in [2.24, 2.45) is 0 Å². The Bertz CT molecular complexity index is 239. The van der Waals surface area contributed by atoms with Crippen molar-refractivity contribution in [1.29, 1.82) is 0 Å². The molecular weight excluding hydrogens is 226 g/mol. The van der Waals surface area contributed by atoms with Crippen LogP contribution in [0.3, 0.4) is 0 Å². The van der Waals surface area contributed by atoms with E-state index in [0.29, 0.717) is 5.91 Å². The Hall–Kier alpha value is -0.610. The van der Waals surface area contributed by atoms with Crippen molar-refractivity contribution in [3.05, 3.63) is 0 Å². The number of nitrogens with zero attached hydrogens (tertiary/aromatic N) is 2. The van der Waals surface area contributed by atoms with Gasteiger partial charge in [-0.2, -0.15) is 0 Å². The normalized spacial score (nSPS) is 20.8. The van der Waals surface area contributed by atoms with Gasteiger partial charge in [-0.05, 0) is 45.4 Å². The summed E-state index contributed by atoms with van der Waals surface area (Å²) in [5.74, 6) is 0.308. The van der Waals surface area contributed by atoms with Gasteiger partial charge in [-0.1, -0.05) is 20.8 Å². The lowest BCUT2D eigenvalue weighted by atomic mass is 10.0. The van der Waals surface area contributed by atoms with Crippen LogP contribution in [0, 0.1) is 0 Å². The maximum atomic E-state index is 12.2. The summed E-state index contributed by atoms with van der Waals surface area (Å²) in [5.41, 5.74) is 0. The van der Waals surface area contributed by atoms with Crippen molar-refractivity contribution in [3.8, 4) is 0 Å². The number of nitrogens with one attached hydrogen (secondary N) is 1. The third-order valence-corrected chi connectivity index (χ3v) is 3.78. The molecule has 1 rings (SSSR count). The number of hydrogen-bond donors (Lipinski definition) is 1. The van der Waals surface area contributed by atoms with Gasteiger partial charge >= 0.3 is 0 Å². The van der Waals surface area contributed by atoms with E-state index in [9.17, 15) is 4.79 Å². The van der Waals surface area contributed by atoms with Gasteiger partial charge in [0.25, 0.3) is 0 Å². The number of rotatable bonds is 8. The molecule has 1 aliphatic rings. The van der Waals surface area contributed by atoms with Crippen molar-refractivity contribution in [3.63, 3.8) is 0 Å². The molecule has 1 fully saturated rings. The van der Waals surface area contributed by atoms with Gasteiger partial charge in [-0.3, -0.25) is 4.79 Å². The van der Waals surface area contributed by atoms with Crippen LogP contribution in [0.25, 0.3) is 0 Å². The van der Waals surface area contributed by atoms with Crippen LogP contribution >= 0.6 is 0 Å². The van der Waals surface area contributed by atoms with Crippen LogP contribution in [0.1, 0.15) is 40.0 Å². The summed E-state index contributed by atoms with van der Waals surface area (Å²) >= 11 is 0. The lowest BCUT2D eigenvalue weighted by Crippen LogP contribution is -2.51. The molecule has 1 saturated heterocycles. The number of likely N-dealkylation sites (tertiary alicyclic amines) is 1. The minimum Gasteiger partial charge on any atom is -0.341 e. The minimum atomic E-state index is 0.0669. The Kier molecular flexibility index (Phi) is 7.28. The zero-order valence-corrected chi connectivity index (χ0v) is 12.2. The highest BCUT2D eigenvalue weighted by Crippen LogP contribution is 2.12. The second-order valence-corrected chi connectivity index (χ2v) is 4.96. The second-order valence-electron chi connectivity index (χ2n) is 4.96. The predicted octanol–water partition coefficient (Wildman–Crippen LogP) is 1.32. The van der Waals surface area contributed by atoms with E-state index in [4.69, 9.17) is 0 Å². The Morgan fingerprint density at radius 2 is 2.06 bits per heavy atom. The summed E-state index contributed by atoms with van der Waals surface area (Å²) in [7, 11) is 0. The lowest BCUT2D eigenvalue weighted by Gasteiger charge is -2.33. The van der Waals surface area contributed by atoms with E-state index in [1.807, 2.05) is 4.90 Å². The topological polar surface area (TPSA) is 35.6 Å². The van der Waals surface area contributed by atoms with Gasteiger partial charge in [0, 0.05) is 13.1 Å². The van der Waals surface area contributed by atoms with Crippen LogP contribution in [-0.4, -0.2) is 61.0 Å². The van der Waals surface area contributed by atoms with Crippen LogP contribution in [0.15, 0.2) is 0 Å². The zero-order chi connectivity index (χ0) is 13.4. The van der Waals surface area contributed by atoms with Gasteiger partial charge < -0.3 is 15.1 Å². The molecule has 0 aromatic carbocycles. The van der Waals surface area contributed by atoms with Crippen molar-refractivity contribution >= 4 is 5.91 Å². The van der Waals surface area contributed by atoms with Crippen molar-refractivity contribution in [2.75, 3.05) is 39.3 Å². The maximum absolute atomic E-state index is 12.2. The lowest BCUT2D eigenvalue weighted by molar-refractivity contribution is -0.136. The number of amides is 1. The Morgan fingerprint density at radius 3 is 2.67 bits per heavy atom. The van der Waals surface area contributed by atoms with E-state index in [1.165, 1.54) is 0 Å². The molecular formula is C14H29N3O. The van der Waals surface area contributed by atoms with E-state index in [1.54, 1.807) is 0 Å². The third-order valence-electron chi connectivity index (χ3n) is 3.78. The third kappa shape index (κ3) is 4.58. The van der Waals surface area contributed by atoms with Crippen LogP contribution in [-0.2, 0) is 4.79 Å². The minimum absolute atomic E-state index is 0.0669. The molecule has 1 amide bonds. The molecule has 0 radical (unpaired) electrons. The molecule has 4 heteroatoms. The molecule has 0 spiro atoms. The summed E-state index contributed by atoms with van der Waals surface area (Å²) in [4.78, 5) is 16.6. The molecule has 106 valence electrons. The van der Waals surface area contributed by atoms with E-state index in [2.05, 4.69) is 31.0 Å². The van der Waals surface area contributed by atoms with E-state index in [0.717, 1.165) is 58.5 Å². The maximum Gasteiger partial charge on any atom is 0.239 e. The molecule has 0 aliphatic carbocycles. The van der Waals surface area contributed by atoms with Crippen LogP contribution < -0.4 is 5.32 Å². The molecule has 1 heterocycles. The van der Waals surface area contributed by atoms with Crippen molar-refractivity contribution in [1.82, 2.24) is 15.1 Å². The van der Waals surface area contributed by atoms with E-state index >= 15 is 0 Å². The van der Waals surface area contributed by atoms with Crippen LogP contribution in [0.4, 0.5) is 0 Å². The number of hydrogen-bond acceptors (Lipinski definition) is 3. The first-order valence-corrected chi connectivity index (χ1v) is 7.47. The number of carbonyl (C=O) groups is 1. The highest BCUT2D eigenvalue weighted by Gasteiger charge is 2.27. The molecule has 1 unspecified atom stereocenters. The predicted molar refractivity (Wildman–Crippen MR) is 75.7 cm³/mol. The summed E-state index contributed by atoms with van der Waals surface area (Å²) in [6.45, 7) is 12.5.